The molecule has 0 spiro atoms. The van der Waals surface area contributed by atoms with Crippen LogP contribution in [0.5, 0.6) is 0 Å². The van der Waals surface area contributed by atoms with Crippen LogP contribution < -0.4 is 11.1 Å². The van der Waals surface area contributed by atoms with Gasteiger partial charge >= 0.3 is 0 Å². The number of amides is 1. The SMILES string of the molecule is CCCC(C)(N)C(=O)Nc1c([N+](=O)[O-])ccc(F)c1F. The van der Waals surface area contributed by atoms with E-state index in [4.69, 9.17) is 5.73 Å². The van der Waals surface area contributed by atoms with Crippen LogP contribution >= 0.6 is 0 Å². The summed E-state index contributed by atoms with van der Waals surface area (Å²) in [6.45, 7) is 3.21. The average molecular weight is 287 g/mol. The van der Waals surface area contributed by atoms with Crippen LogP contribution in [-0.4, -0.2) is 16.4 Å². The molecule has 0 aromatic heterocycles. The average Bonchev–Trinajstić information content (AvgIpc) is 2.34. The van der Waals surface area contributed by atoms with E-state index in [1.54, 1.807) is 6.92 Å². The number of carbonyl (C=O) groups excluding carboxylic acids is 1. The lowest BCUT2D eigenvalue weighted by atomic mass is 9.96. The van der Waals surface area contributed by atoms with Gasteiger partial charge in [-0.05, 0) is 19.4 Å². The summed E-state index contributed by atoms with van der Waals surface area (Å²) < 4.78 is 26.8. The summed E-state index contributed by atoms with van der Waals surface area (Å²) in [7, 11) is 0. The van der Waals surface area contributed by atoms with Crippen LogP contribution in [0.1, 0.15) is 26.7 Å². The highest BCUT2D eigenvalue weighted by molar-refractivity contribution is 5.99. The summed E-state index contributed by atoms with van der Waals surface area (Å²) in [5, 5.41) is 12.8. The molecule has 1 amide bonds. The monoisotopic (exact) mass is 287 g/mol. The molecule has 3 N–H and O–H groups in total. The van der Waals surface area contributed by atoms with Crippen molar-refractivity contribution in [2.75, 3.05) is 5.32 Å². The van der Waals surface area contributed by atoms with E-state index in [9.17, 15) is 23.7 Å². The second-order valence-corrected chi connectivity index (χ2v) is 4.63. The van der Waals surface area contributed by atoms with Crippen LogP contribution in [0.15, 0.2) is 12.1 Å². The summed E-state index contributed by atoms with van der Waals surface area (Å²) in [4.78, 5) is 21.8. The minimum atomic E-state index is -1.49. The Labute approximate surface area is 114 Å². The predicted octanol–water partition coefficient (Wildman–Crippen LogP) is 2.33. The summed E-state index contributed by atoms with van der Waals surface area (Å²) in [6, 6.07) is 1.40. The van der Waals surface area contributed by atoms with Gasteiger partial charge in [-0.1, -0.05) is 13.3 Å². The molecule has 0 heterocycles. The number of hydrogen-bond donors (Lipinski definition) is 2. The first kappa shape index (κ1) is 16.0. The van der Waals surface area contributed by atoms with Gasteiger partial charge in [0.05, 0.1) is 10.5 Å². The zero-order chi connectivity index (χ0) is 15.5. The largest absolute Gasteiger partial charge is 0.318 e. The van der Waals surface area contributed by atoms with E-state index in [0.29, 0.717) is 18.9 Å². The Morgan fingerprint density at radius 2 is 2.10 bits per heavy atom. The van der Waals surface area contributed by atoms with Crippen molar-refractivity contribution < 1.29 is 18.5 Å². The molecule has 6 nitrogen and oxygen atoms in total. The number of nitro groups is 1. The molecule has 1 unspecified atom stereocenters. The van der Waals surface area contributed by atoms with Crippen LogP contribution in [0.4, 0.5) is 20.2 Å². The van der Waals surface area contributed by atoms with Crippen molar-refractivity contribution in [2.45, 2.75) is 32.2 Å². The van der Waals surface area contributed by atoms with Gasteiger partial charge in [0.15, 0.2) is 17.3 Å². The first-order chi connectivity index (χ1) is 9.20. The van der Waals surface area contributed by atoms with E-state index in [0.717, 1.165) is 6.07 Å². The molecular formula is C12H15F2N3O3. The highest BCUT2D eigenvalue weighted by atomic mass is 19.2. The second-order valence-electron chi connectivity index (χ2n) is 4.63. The first-order valence-corrected chi connectivity index (χ1v) is 5.93. The van der Waals surface area contributed by atoms with Crippen molar-refractivity contribution in [1.29, 1.82) is 0 Å². The normalized spacial score (nSPS) is 13.7. The van der Waals surface area contributed by atoms with Crippen molar-refractivity contribution in [1.82, 2.24) is 0 Å². The molecule has 20 heavy (non-hydrogen) atoms. The number of halogens is 2. The quantitative estimate of drug-likeness (QED) is 0.641. The molecule has 1 aromatic carbocycles. The van der Waals surface area contributed by atoms with E-state index in [1.165, 1.54) is 6.92 Å². The lowest BCUT2D eigenvalue weighted by Crippen LogP contribution is -2.48. The molecule has 1 rings (SSSR count). The molecule has 0 aliphatic heterocycles. The van der Waals surface area contributed by atoms with Crippen LogP contribution in [0.3, 0.4) is 0 Å². The molecule has 1 aromatic rings. The van der Waals surface area contributed by atoms with Gasteiger partial charge in [0.2, 0.25) is 5.91 Å². The molecule has 0 fully saturated rings. The summed E-state index contributed by atoms with van der Waals surface area (Å²) in [5.74, 6) is -3.59. The van der Waals surface area contributed by atoms with Gasteiger partial charge in [0.25, 0.3) is 5.69 Å². The predicted molar refractivity (Wildman–Crippen MR) is 69.1 cm³/mol. The van der Waals surface area contributed by atoms with Crippen molar-refractivity contribution in [3.63, 3.8) is 0 Å². The van der Waals surface area contributed by atoms with Crippen LogP contribution in [0, 0.1) is 21.7 Å². The first-order valence-electron chi connectivity index (χ1n) is 5.93. The number of benzene rings is 1. The van der Waals surface area contributed by atoms with Crippen LogP contribution in [0.25, 0.3) is 0 Å². The van der Waals surface area contributed by atoms with Crippen LogP contribution in [-0.2, 0) is 4.79 Å². The Hall–Kier alpha value is -2.09. The van der Waals surface area contributed by atoms with Crippen LogP contribution in [0.2, 0.25) is 0 Å². The molecular weight excluding hydrogens is 272 g/mol. The minimum Gasteiger partial charge on any atom is -0.318 e. The third kappa shape index (κ3) is 3.27. The third-order valence-electron chi connectivity index (χ3n) is 2.80. The number of hydrogen-bond acceptors (Lipinski definition) is 4. The topological polar surface area (TPSA) is 98.3 Å². The van der Waals surface area contributed by atoms with Crippen molar-refractivity contribution >= 4 is 17.3 Å². The highest BCUT2D eigenvalue weighted by Crippen LogP contribution is 2.29. The van der Waals surface area contributed by atoms with Gasteiger partial charge < -0.3 is 11.1 Å². The zero-order valence-electron chi connectivity index (χ0n) is 11.1. The fraction of sp³-hybridized carbons (Fsp3) is 0.417. The number of rotatable bonds is 5. The van der Waals surface area contributed by atoms with E-state index in [-0.39, 0.29) is 0 Å². The third-order valence-corrected chi connectivity index (χ3v) is 2.80. The minimum absolute atomic E-state index is 0.295. The van der Waals surface area contributed by atoms with E-state index in [1.807, 2.05) is 5.32 Å². The molecule has 110 valence electrons. The Balaban J connectivity index is 3.17. The van der Waals surface area contributed by atoms with E-state index < -0.39 is 39.4 Å². The Morgan fingerprint density at radius 1 is 1.50 bits per heavy atom. The summed E-state index contributed by atoms with van der Waals surface area (Å²) in [6.07, 6.45) is 0.887. The molecule has 8 heteroatoms. The highest BCUT2D eigenvalue weighted by Gasteiger charge is 2.31. The molecule has 0 saturated heterocycles. The standard InChI is InChI=1S/C12H15F2N3O3/c1-3-6-12(2,15)11(18)16-10-8(17(19)20)5-4-7(13)9(10)14/h4-5H,3,6,15H2,1-2H3,(H,16,18). The van der Waals surface area contributed by atoms with E-state index in [2.05, 4.69) is 0 Å². The van der Waals surface area contributed by atoms with E-state index >= 15 is 0 Å². The fourth-order valence-corrected chi connectivity index (χ4v) is 1.70. The van der Waals surface area contributed by atoms with Crippen molar-refractivity contribution in [2.24, 2.45) is 5.73 Å². The molecule has 0 bridgehead atoms. The van der Waals surface area contributed by atoms with Gasteiger partial charge in [0.1, 0.15) is 0 Å². The molecule has 0 aliphatic rings. The molecule has 1 atom stereocenters. The second kappa shape index (κ2) is 5.91. The summed E-state index contributed by atoms with van der Waals surface area (Å²) in [5.41, 5.74) is 2.86. The van der Waals surface area contributed by atoms with Gasteiger partial charge in [-0.2, -0.15) is 0 Å². The lowest BCUT2D eigenvalue weighted by molar-refractivity contribution is -0.384. The number of anilines is 1. The fourth-order valence-electron chi connectivity index (χ4n) is 1.70. The van der Waals surface area contributed by atoms with Gasteiger partial charge in [-0.15, -0.1) is 0 Å². The maximum absolute atomic E-state index is 13.6. The summed E-state index contributed by atoms with van der Waals surface area (Å²) >= 11 is 0. The van der Waals surface area contributed by atoms with Gasteiger partial charge in [0, 0.05) is 6.07 Å². The van der Waals surface area contributed by atoms with Crippen molar-refractivity contribution in [3.05, 3.63) is 33.9 Å². The Kier molecular flexibility index (Phi) is 4.72. The van der Waals surface area contributed by atoms with Gasteiger partial charge in [-0.3, -0.25) is 14.9 Å². The lowest BCUT2D eigenvalue weighted by Gasteiger charge is -2.22. The maximum atomic E-state index is 13.6. The molecule has 0 aliphatic carbocycles. The number of carbonyl (C=O) groups is 1. The van der Waals surface area contributed by atoms with Gasteiger partial charge in [-0.25, -0.2) is 8.78 Å². The number of nitrogens with two attached hydrogens (primary N) is 1. The number of nitro benzene ring substituents is 1. The number of nitrogens with one attached hydrogen (secondary N) is 1. The Bertz CT molecular complexity index is 547. The zero-order valence-corrected chi connectivity index (χ0v) is 11.1. The maximum Gasteiger partial charge on any atom is 0.296 e. The Morgan fingerprint density at radius 3 is 2.60 bits per heavy atom. The molecule has 0 saturated carbocycles. The van der Waals surface area contributed by atoms with Crippen molar-refractivity contribution in [3.8, 4) is 0 Å². The number of nitrogens with zero attached hydrogens (tertiary/aromatic N) is 1. The smallest absolute Gasteiger partial charge is 0.296 e. The molecule has 0 radical (unpaired) electrons.